The summed E-state index contributed by atoms with van der Waals surface area (Å²) in [6, 6.07) is 25.7. The number of rotatable bonds is 7. The molecule has 0 aliphatic carbocycles. The van der Waals surface area contributed by atoms with Crippen molar-refractivity contribution in [2.45, 2.75) is 32.7 Å². The highest BCUT2D eigenvalue weighted by Crippen LogP contribution is 2.35. The molecule has 0 unspecified atom stereocenters. The summed E-state index contributed by atoms with van der Waals surface area (Å²) in [5.74, 6) is 1.25. The number of H-pyrrole nitrogens is 1. The number of aromatic amines is 1. The lowest BCUT2D eigenvalue weighted by Crippen LogP contribution is -2.16. The Labute approximate surface area is 222 Å². The van der Waals surface area contributed by atoms with Crippen LogP contribution in [0.5, 0.6) is 11.5 Å². The van der Waals surface area contributed by atoms with E-state index in [1.165, 1.54) is 5.56 Å². The van der Waals surface area contributed by atoms with Gasteiger partial charge in [0, 0.05) is 28.7 Å². The summed E-state index contributed by atoms with van der Waals surface area (Å²) < 4.78 is 12.7. The molecule has 7 heteroatoms. The number of benzene rings is 3. The number of aromatic nitrogens is 3. The van der Waals surface area contributed by atoms with Gasteiger partial charge in [-0.2, -0.15) is 5.10 Å². The summed E-state index contributed by atoms with van der Waals surface area (Å²) in [6.07, 6.45) is 0. The molecule has 38 heavy (non-hydrogen) atoms. The van der Waals surface area contributed by atoms with E-state index in [9.17, 15) is 4.79 Å². The van der Waals surface area contributed by atoms with Crippen molar-refractivity contribution in [3.8, 4) is 28.4 Å². The highest BCUT2D eigenvalue weighted by atomic mass is 16.5. The topological polar surface area (TPSA) is 81.2 Å². The van der Waals surface area contributed by atoms with Gasteiger partial charge in [0.2, 0.25) is 0 Å². The molecule has 0 atom stereocenters. The SMILES string of the molecule is COc1ccc(-c2nn(-c3ccccc3)c3[nH]c(=O)c(CNc4ccc(C(C)(C)C)cc4)cc23)cc1OC. The summed E-state index contributed by atoms with van der Waals surface area (Å²) in [6.45, 7) is 6.95. The Morgan fingerprint density at radius 2 is 1.61 bits per heavy atom. The third kappa shape index (κ3) is 4.87. The molecule has 0 bridgehead atoms. The van der Waals surface area contributed by atoms with Gasteiger partial charge in [0.25, 0.3) is 5.56 Å². The van der Waals surface area contributed by atoms with Crippen molar-refractivity contribution >= 4 is 16.7 Å². The Bertz CT molecular complexity index is 1630. The van der Waals surface area contributed by atoms with Crippen molar-refractivity contribution in [3.05, 3.63) is 100 Å². The maximum Gasteiger partial charge on any atom is 0.254 e. The number of ether oxygens (including phenoxy) is 2. The largest absolute Gasteiger partial charge is 0.493 e. The normalized spacial score (nSPS) is 11.5. The van der Waals surface area contributed by atoms with E-state index in [1.54, 1.807) is 18.9 Å². The van der Waals surface area contributed by atoms with Gasteiger partial charge in [-0.05, 0) is 59.5 Å². The van der Waals surface area contributed by atoms with Crippen LogP contribution in [0.3, 0.4) is 0 Å². The van der Waals surface area contributed by atoms with Crippen molar-refractivity contribution in [2.75, 3.05) is 19.5 Å². The second-order valence-electron chi connectivity index (χ2n) is 10.2. The summed E-state index contributed by atoms with van der Waals surface area (Å²) in [5, 5.41) is 9.15. The van der Waals surface area contributed by atoms with Gasteiger partial charge in [-0.3, -0.25) is 4.79 Å². The average Bonchev–Trinajstić information content (AvgIpc) is 3.29. The predicted molar refractivity (Wildman–Crippen MR) is 153 cm³/mol. The van der Waals surface area contributed by atoms with Crippen molar-refractivity contribution in [2.24, 2.45) is 0 Å². The van der Waals surface area contributed by atoms with Gasteiger partial charge in [-0.1, -0.05) is 51.1 Å². The van der Waals surface area contributed by atoms with E-state index >= 15 is 0 Å². The molecule has 2 heterocycles. The monoisotopic (exact) mass is 508 g/mol. The molecule has 194 valence electrons. The third-order valence-corrected chi connectivity index (χ3v) is 6.66. The van der Waals surface area contributed by atoms with Crippen LogP contribution < -0.4 is 20.3 Å². The molecular weight excluding hydrogens is 476 g/mol. The van der Waals surface area contributed by atoms with Crippen LogP contribution in [0, 0.1) is 0 Å². The molecule has 0 saturated carbocycles. The molecule has 7 nitrogen and oxygen atoms in total. The van der Waals surface area contributed by atoms with E-state index in [0.29, 0.717) is 29.3 Å². The van der Waals surface area contributed by atoms with E-state index in [-0.39, 0.29) is 11.0 Å². The molecule has 3 aromatic carbocycles. The molecule has 0 spiro atoms. The fourth-order valence-electron chi connectivity index (χ4n) is 4.48. The number of para-hydroxylation sites is 1. The van der Waals surface area contributed by atoms with Crippen LogP contribution in [0.25, 0.3) is 28.0 Å². The lowest BCUT2D eigenvalue weighted by atomic mass is 9.87. The van der Waals surface area contributed by atoms with Crippen molar-refractivity contribution < 1.29 is 9.47 Å². The number of anilines is 1. The summed E-state index contributed by atoms with van der Waals surface area (Å²) in [4.78, 5) is 16.3. The first-order valence-electron chi connectivity index (χ1n) is 12.6. The van der Waals surface area contributed by atoms with Gasteiger partial charge in [-0.15, -0.1) is 0 Å². The zero-order chi connectivity index (χ0) is 26.9. The van der Waals surface area contributed by atoms with E-state index in [4.69, 9.17) is 14.6 Å². The maximum absolute atomic E-state index is 13.2. The van der Waals surface area contributed by atoms with Gasteiger partial charge in [0.05, 0.1) is 19.9 Å². The highest BCUT2D eigenvalue weighted by Gasteiger charge is 2.18. The number of hydrogen-bond acceptors (Lipinski definition) is 5. The number of pyridine rings is 1. The van der Waals surface area contributed by atoms with Crippen molar-refractivity contribution in [1.82, 2.24) is 14.8 Å². The zero-order valence-corrected chi connectivity index (χ0v) is 22.3. The summed E-state index contributed by atoms with van der Waals surface area (Å²) in [5.41, 5.74) is 5.82. The van der Waals surface area contributed by atoms with Gasteiger partial charge in [0.15, 0.2) is 11.5 Å². The van der Waals surface area contributed by atoms with Gasteiger partial charge in [-0.25, -0.2) is 4.68 Å². The standard InChI is InChI=1S/C31H32N4O3/c1-31(2,3)22-12-14-23(15-13-22)32-19-21-17-25-28(20-11-16-26(37-4)27(18-20)38-5)34-35(29(25)33-30(21)36)24-9-7-6-8-10-24/h6-18,32H,19H2,1-5H3,(H,33,36). The lowest BCUT2D eigenvalue weighted by molar-refractivity contribution is 0.355. The summed E-state index contributed by atoms with van der Waals surface area (Å²) in [7, 11) is 3.22. The quantitative estimate of drug-likeness (QED) is 0.269. The molecule has 0 fully saturated rings. The second-order valence-corrected chi connectivity index (χ2v) is 10.2. The number of fused-ring (bicyclic) bond motifs is 1. The molecule has 0 aliphatic rings. The van der Waals surface area contributed by atoms with Gasteiger partial charge >= 0.3 is 0 Å². The minimum absolute atomic E-state index is 0.0835. The number of methoxy groups -OCH3 is 2. The molecule has 5 aromatic rings. The molecule has 5 rings (SSSR count). The van der Waals surface area contributed by atoms with Crippen LogP contribution in [0.1, 0.15) is 31.9 Å². The smallest absolute Gasteiger partial charge is 0.254 e. The Balaban J connectivity index is 1.58. The average molecular weight is 509 g/mol. The lowest BCUT2D eigenvalue weighted by Gasteiger charge is -2.19. The molecule has 2 N–H and O–H groups in total. The number of nitrogens with zero attached hydrogens (tertiary/aromatic N) is 2. The minimum Gasteiger partial charge on any atom is -0.493 e. The van der Waals surface area contributed by atoms with E-state index in [2.05, 4.69) is 55.3 Å². The van der Waals surface area contributed by atoms with Crippen LogP contribution in [0.4, 0.5) is 5.69 Å². The van der Waals surface area contributed by atoms with E-state index in [0.717, 1.165) is 28.0 Å². The first-order chi connectivity index (χ1) is 18.3. The molecule has 2 aromatic heterocycles. The molecule has 0 radical (unpaired) electrons. The fourth-order valence-corrected chi connectivity index (χ4v) is 4.48. The van der Waals surface area contributed by atoms with Crippen molar-refractivity contribution in [1.29, 1.82) is 0 Å². The van der Waals surface area contributed by atoms with E-state index in [1.807, 2.05) is 54.6 Å². The van der Waals surface area contributed by atoms with Crippen molar-refractivity contribution in [3.63, 3.8) is 0 Å². The van der Waals surface area contributed by atoms with E-state index < -0.39 is 0 Å². The molecule has 0 saturated heterocycles. The third-order valence-electron chi connectivity index (χ3n) is 6.66. The van der Waals surface area contributed by atoms with Crippen LogP contribution in [-0.2, 0) is 12.0 Å². The molecular formula is C31H32N4O3. The fraction of sp³-hybridized carbons (Fsp3) is 0.226. The Morgan fingerprint density at radius 3 is 2.26 bits per heavy atom. The zero-order valence-electron chi connectivity index (χ0n) is 22.3. The van der Waals surface area contributed by atoms with Crippen LogP contribution in [0.15, 0.2) is 83.7 Å². The van der Waals surface area contributed by atoms with Gasteiger partial charge in [0.1, 0.15) is 11.3 Å². The van der Waals surface area contributed by atoms with Crippen LogP contribution >= 0.6 is 0 Å². The number of hydrogen-bond donors (Lipinski definition) is 2. The minimum atomic E-state index is -0.160. The second kappa shape index (κ2) is 10.1. The van der Waals surface area contributed by atoms with Gasteiger partial charge < -0.3 is 19.8 Å². The van der Waals surface area contributed by atoms with Crippen LogP contribution in [0.2, 0.25) is 0 Å². The molecule has 0 amide bonds. The summed E-state index contributed by atoms with van der Waals surface area (Å²) >= 11 is 0. The first-order valence-corrected chi connectivity index (χ1v) is 12.6. The maximum atomic E-state index is 13.2. The Kier molecular flexibility index (Phi) is 6.68. The highest BCUT2D eigenvalue weighted by molar-refractivity contribution is 5.93. The molecule has 0 aliphatic heterocycles. The number of nitrogens with one attached hydrogen (secondary N) is 2. The Morgan fingerprint density at radius 1 is 0.895 bits per heavy atom. The Hall–Kier alpha value is -4.52. The van der Waals surface area contributed by atoms with Crippen LogP contribution in [-0.4, -0.2) is 29.0 Å². The predicted octanol–water partition coefficient (Wildman–Crippen LogP) is 6.31. The first kappa shape index (κ1) is 25.1.